The maximum atomic E-state index is 10.8. The van der Waals surface area contributed by atoms with Gasteiger partial charge in [0.2, 0.25) is 0 Å². The van der Waals surface area contributed by atoms with Gasteiger partial charge in [0, 0.05) is 12.4 Å². The Morgan fingerprint density at radius 3 is 2.03 bits per heavy atom. The van der Waals surface area contributed by atoms with E-state index in [9.17, 15) is 14.4 Å². The molecule has 0 spiro atoms. The van der Waals surface area contributed by atoms with E-state index in [1.54, 1.807) is 37.4 Å². The van der Waals surface area contributed by atoms with Crippen molar-refractivity contribution >= 4 is 29.2 Å². The number of aryl methyl sites for hydroxylation is 1. The van der Waals surface area contributed by atoms with Crippen LogP contribution >= 0.6 is 0 Å². The molecule has 3 aromatic rings. The van der Waals surface area contributed by atoms with Crippen LogP contribution in [0.5, 0.6) is 0 Å². The number of fused-ring (bicyclic) bond motifs is 1. The minimum Gasteiger partial charge on any atom is -0.476 e. The molecule has 11 nitrogen and oxygen atoms in total. The van der Waals surface area contributed by atoms with E-state index in [1.807, 2.05) is 27.7 Å². The van der Waals surface area contributed by atoms with Crippen molar-refractivity contribution < 1.29 is 24.2 Å². The van der Waals surface area contributed by atoms with Crippen molar-refractivity contribution in [1.82, 2.24) is 24.8 Å². The highest BCUT2D eigenvalue weighted by Gasteiger charge is 2.17. The summed E-state index contributed by atoms with van der Waals surface area (Å²) in [6, 6.07) is 6.86. The molecule has 3 rings (SSSR count). The number of carbonyl (C=O) groups excluding carboxylic acids is 2. The molecule has 1 unspecified atom stereocenters. The Labute approximate surface area is 194 Å². The van der Waals surface area contributed by atoms with E-state index in [2.05, 4.69) is 25.0 Å². The highest BCUT2D eigenvalue weighted by molar-refractivity contribution is 5.97. The molecule has 33 heavy (non-hydrogen) atoms. The Kier molecular flexibility index (Phi) is 16.8. The second-order valence-electron chi connectivity index (χ2n) is 5.65. The molecule has 1 atom stereocenters. The van der Waals surface area contributed by atoms with Gasteiger partial charge in [0.15, 0.2) is 11.3 Å². The number of imidazole rings is 1. The Bertz CT molecular complexity index is 976. The summed E-state index contributed by atoms with van der Waals surface area (Å²) in [6.45, 7) is 12.5. The number of rotatable bonds is 3. The number of aromatic carboxylic acids is 1. The third-order valence-electron chi connectivity index (χ3n) is 3.53. The summed E-state index contributed by atoms with van der Waals surface area (Å²) in [7, 11) is 1.27. The smallest absolute Gasteiger partial charge is 0.356 e. The minimum absolute atomic E-state index is 0.121. The molecule has 3 N–H and O–H groups in total. The molecule has 0 aromatic carbocycles. The molecule has 3 heterocycles. The average molecular weight is 463 g/mol. The maximum absolute atomic E-state index is 10.8. The molecule has 0 amide bonds. The molecule has 0 bridgehead atoms. The lowest BCUT2D eigenvalue weighted by molar-refractivity contribution is -0.148. The summed E-state index contributed by atoms with van der Waals surface area (Å²) in [4.78, 5) is 35.8. The number of Topliss-reactive ketones (excluding diaryl/α,β-unsaturated/α-hetero) is 1. The number of aromatic nitrogens is 5. The SMILES string of the molecule is CC.CC.COC(=O)C(C)C(C)=O.Cc1nc2cccnn2c1C(=O)O.Nc1cccnn1. The Morgan fingerprint density at radius 1 is 1.09 bits per heavy atom. The number of hydrogen-bond acceptors (Lipinski definition) is 9. The van der Waals surface area contributed by atoms with Crippen LogP contribution in [0.15, 0.2) is 36.7 Å². The summed E-state index contributed by atoms with van der Waals surface area (Å²) in [5.41, 5.74) is 6.34. The van der Waals surface area contributed by atoms with Gasteiger partial charge in [0.05, 0.1) is 12.8 Å². The van der Waals surface area contributed by atoms with Gasteiger partial charge in [0.25, 0.3) is 0 Å². The van der Waals surface area contributed by atoms with Gasteiger partial charge in [-0.05, 0) is 45.0 Å². The summed E-state index contributed by atoms with van der Waals surface area (Å²) in [6.07, 6.45) is 3.11. The quantitative estimate of drug-likeness (QED) is 0.436. The van der Waals surface area contributed by atoms with Crippen LogP contribution in [0.2, 0.25) is 0 Å². The van der Waals surface area contributed by atoms with Crippen molar-refractivity contribution in [3.05, 3.63) is 48.0 Å². The lowest BCUT2D eigenvalue weighted by atomic mass is 10.1. The van der Waals surface area contributed by atoms with Crippen molar-refractivity contribution in [3.8, 4) is 0 Å². The highest BCUT2D eigenvalue weighted by atomic mass is 16.5. The van der Waals surface area contributed by atoms with Gasteiger partial charge in [-0.15, -0.1) is 5.10 Å². The van der Waals surface area contributed by atoms with Gasteiger partial charge in [-0.3, -0.25) is 9.59 Å². The number of esters is 1. The van der Waals surface area contributed by atoms with Crippen LogP contribution in [0.3, 0.4) is 0 Å². The summed E-state index contributed by atoms with van der Waals surface area (Å²) in [5.74, 6) is -1.80. The monoisotopic (exact) mass is 462 g/mol. The zero-order chi connectivity index (χ0) is 26.0. The van der Waals surface area contributed by atoms with Crippen LogP contribution in [-0.2, 0) is 14.3 Å². The van der Waals surface area contributed by atoms with E-state index in [0.717, 1.165) is 0 Å². The molecule has 0 saturated heterocycles. The summed E-state index contributed by atoms with van der Waals surface area (Å²) >= 11 is 0. The number of nitrogens with zero attached hydrogens (tertiary/aromatic N) is 5. The molecule has 0 aliphatic rings. The van der Waals surface area contributed by atoms with Crippen LogP contribution in [0.4, 0.5) is 5.82 Å². The first-order valence-corrected chi connectivity index (χ1v) is 10.3. The van der Waals surface area contributed by atoms with Crippen molar-refractivity contribution in [1.29, 1.82) is 0 Å². The van der Waals surface area contributed by atoms with Crippen LogP contribution in [0.25, 0.3) is 5.65 Å². The molecular formula is C22H34N6O5. The van der Waals surface area contributed by atoms with E-state index in [0.29, 0.717) is 17.2 Å². The van der Waals surface area contributed by atoms with E-state index < -0.39 is 17.9 Å². The Morgan fingerprint density at radius 2 is 1.67 bits per heavy atom. The number of carboxylic acids is 1. The van der Waals surface area contributed by atoms with Crippen LogP contribution in [-0.4, -0.2) is 54.7 Å². The number of hydrogen-bond donors (Lipinski definition) is 2. The van der Waals surface area contributed by atoms with E-state index in [-0.39, 0.29) is 11.5 Å². The topological polar surface area (TPSA) is 163 Å². The molecule has 3 aromatic heterocycles. The lowest BCUT2D eigenvalue weighted by Crippen LogP contribution is -2.19. The van der Waals surface area contributed by atoms with E-state index in [1.165, 1.54) is 31.7 Å². The van der Waals surface area contributed by atoms with E-state index >= 15 is 0 Å². The summed E-state index contributed by atoms with van der Waals surface area (Å²) < 4.78 is 5.63. The fourth-order valence-corrected chi connectivity index (χ4v) is 1.90. The predicted octanol–water partition coefficient (Wildman–Crippen LogP) is 3.23. The van der Waals surface area contributed by atoms with Gasteiger partial charge >= 0.3 is 11.9 Å². The number of methoxy groups -OCH3 is 1. The summed E-state index contributed by atoms with van der Waals surface area (Å²) in [5, 5.41) is 19.8. The van der Waals surface area contributed by atoms with Crippen molar-refractivity contribution in [2.45, 2.75) is 48.5 Å². The molecule has 0 aliphatic heterocycles. The number of ketones is 1. The zero-order valence-corrected chi connectivity index (χ0v) is 20.4. The maximum Gasteiger partial charge on any atom is 0.356 e. The van der Waals surface area contributed by atoms with Crippen molar-refractivity contribution in [2.24, 2.45) is 5.92 Å². The van der Waals surface area contributed by atoms with Gasteiger partial charge in [0.1, 0.15) is 17.5 Å². The van der Waals surface area contributed by atoms with Crippen LogP contribution in [0, 0.1) is 12.8 Å². The molecule has 0 saturated carbocycles. The van der Waals surface area contributed by atoms with Gasteiger partial charge in [-0.25, -0.2) is 14.3 Å². The first kappa shape index (κ1) is 31.3. The Hall–Kier alpha value is -3.89. The number of nitrogens with two attached hydrogens (primary N) is 1. The first-order valence-electron chi connectivity index (χ1n) is 10.3. The second-order valence-corrected chi connectivity index (χ2v) is 5.65. The van der Waals surface area contributed by atoms with Crippen molar-refractivity contribution in [3.63, 3.8) is 0 Å². The number of carboxylic acid groups (broad SMARTS) is 1. The molecule has 0 aliphatic carbocycles. The van der Waals surface area contributed by atoms with E-state index in [4.69, 9.17) is 10.8 Å². The lowest BCUT2D eigenvalue weighted by Gasteiger charge is -2.02. The fourth-order valence-electron chi connectivity index (χ4n) is 1.90. The molecule has 0 radical (unpaired) electrons. The molecule has 182 valence electrons. The third kappa shape index (κ3) is 11.3. The molecular weight excluding hydrogens is 428 g/mol. The van der Waals surface area contributed by atoms with Gasteiger partial charge in [-0.1, -0.05) is 27.7 Å². The zero-order valence-electron chi connectivity index (χ0n) is 20.4. The fraction of sp³-hybridized carbons (Fsp3) is 0.409. The number of nitrogen functional groups attached to an aromatic ring is 1. The van der Waals surface area contributed by atoms with Crippen molar-refractivity contribution in [2.75, 3.05) is 12.8 Å². The average Bonchev–Trinajstić information content (AvgIpc) is 3.17. The number of ether oxygens (including phenoxy) is 1. The van der Waals surface area contributed by atoms with Crippen LogP contribution in [0.1, 0.15) is 57.7 Å². The minimum atomic E-state index is -1.01. The molecule has 11 heteroatoms. The number of carbonyl (C=O) groups is 3. The second kappa shape index (κ2) is 17.8. The van der Waals surface area contributed by atoms with Gasteiger partial charge in [-0.2, -0.15) is 10.2 Å². The normalized spacial score (nSPS) is 9.70. The molecule has 0 fully saturated rings. The number of anilines is 1. The first-order chi connectivity index (χ1) is 15.7. The largest absolute Gasteiger partial charge is 0.476 e. The van der Waals surface area contributed by atoms with Gasteiger partial charge < -0.3 is 15.6 Å². The standard InChI is InChI=1S/C8H7N3O2.C6H10O3.C4H5N3.2C2H6/c1-5-7(8(12)13)11-6(10-5)3-2-4-9-11;1-4(5(2)7)6(8)9-3;5-4-2-1-3-6-7-4;2*1-2/h2-4H,1H3,(H,12,13);4H,1-3H3;1-3H,(H2,5,7);2*1-2H3. The third-order valence-corrected chi connectivity index (χ3v) is 3.53. The Balaban J connectivity index is 0. The highest BCUT2D eigenvalue weighted by Crippen LogP contribution is 2.09. The predicted molar refractivity (Wildman–Crippen MR) is 126 cm³/mol. The van der Waals surface area contributed by atoms with Crippen LogP contribution < -0.4 is 5.73 Å².